The first-order valence-corrected chi connectivity index (χ1v) is 6.68. The van der Waals surface area contributed by atoms with Crippen LogP contribution in [0.4, 0.5) is 4.39 Å². The fourth-order valence-electron chi connectivity index (χ4n) is 1.36. The monoisotopic (exact) mass is 319 g/mol. The predicted octanol–water partition coefficient (Wildman–Crippen LogP) is 2.06. The molecule has 0 heterocycles. The van der Waals surface area contributed by atoms with Crippen molar-refractivity contribution in [3.8, 4) is 5.75 Å². The molecule has 0 bridgehead atoms. The Labute approximate surface area is 113 Å². The number of alkyl halides is 1. The molecule has 1 amide bonds. The number of amides is 1. The maximum Gasteiger partial charge on any atom is 0.258 e. The van der Waals surface area contributed by atoms with Gasteiger partial charge in [0.25, 0.3) is 5.91 Å². The van der Waals surface area contributed by atoms with Crippen LogP contribution in [0.3, 0.4) is 0 Å². The highest BCUT2D eigenvalue weighted by molar-refractivity contribution is 9.09. The van der Waals surface area contributed by atoms with Crippen molar-refractivity contribution in [2.45, 2.75) is 6.42 Å². The van der Waals surface area contributed by atoms with Crippen molar-refractivity contribution in [2.24, 2.45) is 0 Å². The summed E-state index contributed by atoms with van der Waals surface area (Å²) < 4.78 is 18.5. The summed E-state index contributed by atoms with van der Waals surface area (Å²) in [6.45, 7) is 1.51. The lowest BCUT2D eigenvalue weighted by Gasteiger charge is -2.07. The molecule has 0 aliphatic heterocycles. The molecule has 0 aromatic heterocycles. The number of phenols is 1. The Morgan fingerprint density at radius 1 is 1.44 bits per heavy atom. The summed E-state index contributed by atoms with van der Waals surface area (Å²) in [5.74, 6) is -1.71. The van der Waals surface area contributed by atoms with Gasteiger partial charge in [0.05, 0.1) is 6.61 Å². The number of ether oxygens (including phenoxy) is 1. The highest BCUT2D eigenvalue weighted by Crippen LogP contribution is 2.19. The van der Waals surface area contributed by atoms with Gasteiger partial charge < -0.3 is 15.2 Å². The Bertz CT molecular complexity index is 381. The molecular formula is C12H15BrFNO3. The van der Waals surface area contributed by atoms with Crippen LogP contribution in [0.25, 0.3) is 0 Å². The van der Waals surface area contributed by atoms with Gasteiger partial charge in [-0.1, -0.05) is 22.0 Å². The summed E-state index contributed by atoms with van der Waals surface area (Å²) in [4.78, 5) is 11.6. The summed E-state index contributed by atoms with van der Waals surface area (Å²) in [6, 6.07) is 3.75. The number of rotatable bonds is 7. The van der Waals surface area contributed by atoms with Gasteiger partial charge in [0.2, 0.25) is 0 Å². The van der Waals surface area contributed by atoms with E-state index in [0.29, 0.717) is 26.2 Å². The maximum absolute atomic E-state index is 13.3. The van der Waals surface area contributed by atoms with Crippen LogP contribution in [0.1, 0.15) is 16.8 Å². The zero-order valence-corrected chi connectivity index (χ0v) is 11.4. The van der Waals surface area contributed by atoms with Gasteiger partial charge in [0, 0.05) is 18.5 Å². The molecule has 0 aliphatic carbocycles. The molecule has 0 saturated heterocycles. The molecule has 6 heteroatoms. The van der Waals surface area contributed by atoms with Crippen molar-refractivity contribution in [1.82, 2.24) is 5.32 Å². The van der Waals surface area contributed by atoms with Crippen molar-refractivity contribution in [3.63, 3.8) is 0 Å². The van der Waals surface area contributed by atoms with Gasteiger partial charge in [0.15, 0.2) is 0 Å². The number of benzene rings is 1. The molecule has 0 saturated carbocycles. The molecule has 1 aromatic carbocycles. The van der Waals surface area contributed by atoms with E-state index in [4.69, 9.17) is 4.74 Å². The minimum atomic E-state index is -0.733. The van der Waals surface area contributed by atoms with Crippen LogP contribution in [0.15, 0.2) is 18.2 Å². The Hall–Kier alpha value is -1.14. The van der Waals surface area contributed by atoms with E-state index in [1.54, 1.807) is 0 Å². The van der Waals surface area contributed by atoms with Crippen LogP contribution in [0.5, 0.6) is 5.75 Å². The topological polar surface area (TPSA) is 58.6 Å². The van der Waals surface area contributed by atoms with Crippen LogP contribution >= 0.6 is 15.9 Å². The smallest absolute Gasteiger partial charge is 0.258 e. The Morgan fingerprint density at radius 2 is 2.22 bits per heavy atom. The normalized spacial score (nSPS) is 10.3. The number of carbonyl (C=O) groups excluding carboxylic acids is 1. The second kappa shape index (κ2) is 8.05. The van der Waals surface area contributed by atoms with Gasteiger partial charge in [-0.2, -0.15) is 0 Å². The molecule has 0 aliphatic rings. The van der Waals surface area contributed by atoms with E-state index in [-0.39, 0.29) is 11.3 Å². The van der Waals surface area contributed by atoms with Crippen LogP contribution in [0.2, 0.25) is 0 Å². The van der Waals surface area contributed by atoms with Gasteiger partial charge in [-0.25, -0.2) is 4.39 Å². The lowest BCUT2D eigenvalue weighted by Crippen LogP contribution is -2.26. The van der Waals surface area contributed by atoms with E-state index in [1.165, 1.54) is 12.1 Å². The highest BCUT2D eigenvalue weighted by Gasteiger charge is 2.15. The number of halogens is 2. The summed E-state index contributed by atoms with van der Waals surface area (Å²) in [7, 11) is 0. The lowest BCUT2D eigenvalue weighted by molar-refractivity contribution is 0.0938. The van der Waals surface area contributed by atoms with Gasteiger partial charge in [-0.3, -0.25) is 4.79 Å². The molecule has 18 heavy (non-hydrogen) atoms. The van der Waals surface area contributed by atoms with Crippen LogP contribution < -0.4 is 5.32 Å². The van der Waals surface area contributed by atoms with E-state index < -0.39 is 11.7 Å². The molecule has 0 atom stereocenters. The van der Waals surface area contributed by atoms with Crippen molar-refractivity contribution in [1.29, 1.82) is 0 Å². The van der Waals surface area contributed by atoms with Gasteiger partial charge in [-0.05, 0) is 18.6 Å². The molecule has 4 nitrogen and oxygen atoms in total. The maximum atomic E-state index is 13.3. The average molecular weight is 320 g/mol. The molecule has 2 N–H and O–H groups in total. The molecule has 1 rings (SSSR count). The van der Waals surface area contributed by atoms with Gasteiger partial charge in [-0.15, -0.1) is 0 Å². The number of phenolic OH excluding ortho intramolecular Hbond substituents is 1. The van der Waals surface area contributed by atoms with Crippen molar-refractivity contribution < 1.29 is 19.0 Å². The summed E-state index contributed by atoms with van der Waals surface area (Å²) in [5, 5.41) is 12.7. The molecule has 0 radical (unpaired) electrons. The van der Waals surface area contributed by atoms with Gasteiger partial charge in [0.1, 0.15) is 17.1 Å². The van der Waals surface area contributed by atoms with E-state index in [0.717, 1.165) is 11.4 Å². The average Bonchev–Trinajstić information content (AvgIpc) is 2.33. The summed E-state index contributed by atoms with van der Waals surface area (Å²) in [6.07, 6.45) is 0.633. The third-order valence-corrected chi connectivity index (χ3v) is 2.51. The summed E-state index contributed by atoms with van der Waals surface area (Å²) in [5.41, 5.74) is -0.320. The molecule has 1 aromatic rings. The first-order valence-electron chi connectivity index (χ1n) is 5.56. The second-order valence-corrected chi connectivity index (χ2v) is 4.34. The Morgan fingerprint density at radius 3 is 2.89 bits per heavy atom. The van der Waals surface area contributed by atoms with Crippen LogP contribution in [-0.4, -0.2) is 36.1 Å². The molecule has 100 valence electrons. The lowest BCUT2D eigenvalue weighted by atomic mass is 10.1. The third kappa shape index (κ3) is 4.62. The Balaban J connectivity index is 2.37. The quantitative estimate of drug-likeness (QED) is 0.597. The molecule has 0 fully saturated rings. The molecule has 0 unspecified atom stereocenters. The number of aromatic hydroxyl groups is 1. The van der Waals surface area contributed by atoms with Crippen molar-refractivity contribution in [2.75, 3.05) is 25.1 Å². The first-order chi connectivity index (χ1) is 8.66. The number of hydrogen-bond acceptors (Lipinski definition) is 3. The highest BCUT2D eigenvalue weighted by atomic mass is 79.9. The zero-order chi connectivity index (χ0) is 13.4. The number of carbonyl (C=O) groups is 1. The number of hydrogen-bond donors (Lipinski definition) is 2. The fraction of sp³-hybridized carbons (Fsp3) is 0.417. The molecule has 0 spiro atoms. The minimum absolute atomic E-state index is 0.320. The SMILES string of the molecule is O=C(NCCCOCCBr)c1c(O)cccc1F. The molecular weight excluding hydrogens is 305 g/mol. The summed E-state index contributed by atoms with van der Waals surface area (Å²) >= 11 is 3.22. The van der Waals surface area contributed by atoms with E-state index in [9.17, 15) is 14.3 Å². The number of nitrogens with one attached hydrogen (secondary N) is 1. The second-order valence-electron chi connectivity index (χ2n) is 3.54. The zero-order valence-electron chi connectivity index (χ0n) is 9.79. The standard InChI is InChI=1S/C12H15BrFNO3/c13-5-8-18-7-2-6-15-12(17)11-9(14)3-1-4-10(11)16/h1,3-4,16H,2,5-8H2,(H,15,17). The van der Waals surface area contributed by atoms with E-state index in [1.807, 2.05) is 0 Å². The largest absolute Gasteiger partial charge is 0.507 e. The predicted molar refractivity (Wildman–Crippen MR) is 69.6 cm³/mol. The van der Waals surface area contributed by atoms with E-state index in [2.05, 4.69) is 21.2 Å². The minimum Gasteiger partial charge on any atom is -0.507 e. The fourth-order valence-corrected chi connectivity index (χ4v) is 1.59. The van der Waals surface area contributed by atoms with Crippen LogP contribution in [-0.2, 0) is 4.74 Å². The third-order valence-electron chi connectivity index (χ3n) is 2.19. The van der Waals surface area contributed by atoms with Crippen molar-refractivity contribution >= 4 is 21.8 Å². The Kier molecular flexibility index (Phi) is 6.67. The van der Waals surface area contributed by atoms with Crippen LogP contribution in [0, 0.1) is 5.82 Å². The van der Waals surface area contributed by atoms with E-state index >= 15 is 0 Å². The first kappa shape index (κ1) is 14.9. The van der Waals surface area contributed by atoms with Gasteiger partial charge >= 0.3 is 0 Å². The van der Waals surface area contributed by atoms with Crippen molar-refractivity contribution in [3.05, 3.63) is 29.6 Å².